The lowest BCUT2D eigenvalue weighted by molar-refractivity contribution is -0.116. The number of rotatable bonds is 6. The smallest absolute Gasteiger partial charge is 0.312 e. The number of aromatic nitrogens is 1. The molecule has 1 aliphatic rings. The molecule has 7 nitrogen and oxygen atoms in total. The molecule has 0 aliphatic heterocycles. The molecule has 0 saturated carbocycles. The fourth-order valence-electron chi connectivity index (χ4n) is 2.58. The van der Waals surface area contributed by atoms with Crippen molar-refractivity contribution in [1.82, 2.24) is 10.3 Å². The molecule has 0 spiro atoms. The number of ketones is 1. The Hall–Kier alpha value is -1.96. The Morgan fingerprint density at radius 3 is 2.74 bits per heavy atom. The first-order valence-corrected chi connectivity index (χ1v) is 8.44. The number of hydrogen-bond acceptors (Lipinski definition) is 5. The Labute approximate surface area is 139 Å². The first-order valence-electron chi connectivity index (χ1n) is 7.63. The normalized spacial score (nSPS) is 15.8. The van der Waals surface area contributed by atoms with Crippen molar-refractivity contribution in [3.8, 4) is 0 Å². The Balaban J connectivity index is 1.83. The predicted molar refractivity (Wildman–Crippen MR) is 88.6 cm³/mol. The number of Topliss-reactive ketones (excluding diaryl/α,β-unsaturated/α-hetero) is 1. The lowest BCUT2D eigenvalue weighted by Gasteiger charge is -2.26. The molecule has 23 heavy (non-hydrogen) atoms. The maximum absolute atomic E-state index is 12.1. The zero-order chi connectivity index (χ0) is 17.0. The minimum absolute atomic E-state index is 0.0765. The number of nitrogens with zero attached hydrogens (tertiary/aromatic N) is 1. The average Bonchev–Trinajstić information content (AvgIpc) is 2.79. The first-order chi connectivity index (χ1) is 10.8. The second kappa shape index (κ2) is 7.08. The molecule has 0 unspecified atom stereocenters. The van der Waals surface area contributed by atoms with Crippen LogP contribution in [0.5, 0.6) is 0 Å². The fraction of sp³-hybridized carbons (Fsp3) is 0.600. The molecule has 126 valence electrons. The van der Waals surface area contributed by atoms with Gasteiger partial charge in [-0.05, 0) is 24.7 Å². The number of nitrogens with two attached hydrogens (primary N) is 1. The van der Waals surface area contributed by atoms with Crippen LogP contribution in [-0.2, 0) is 11.2 Å². The highest BCUT2D eigenvalue weighted by molar-refractivity contribution is 7.17. The monoisotopic (exact) mass is 338 g/mol. The lowest BCUT2D eigenvalue weighted by atomic mass is 9.78. The zero-order valence-corrected chi connectivity index (χ0v) is 14.2. The van der Waals surface area contributed by atoms with Gasteiger partial charge in [-0.2, -0.15) is 0 Å². The summed E-state index contributed by atoms with van der Waals surface area (Å²) in [6.07, 6.45) is 2.92. The highest BCUT2D eigenvalue weighted by Gasteiger charge is 2.34. The summed E-state index contributed by atoms with van der Waals surface area (Å²) >= 11 is 1.25. The van der Waals surface area contributed by atoms with E-state index in [1.54, 1.807) is 0 Å². The number of urea groups is 1. The summed E-state index contributed by atoms with van der Waals surface area (Å²) in [4.78, 5) is 39.6. The summed E-state index contributed by atoms with van der Waals surface area (Å²) in [5.41, 5.74) is 5.66. The molecule has 0 bridgehead atoms. The third kappa shape index (κ3) is 5.02. The molecule has 1 heterocycles. The van der Waals surface area contributed by atoms with Crippen molar-refractivity contribution in [2.24, 2.45) is 11.1 Å². The molecule has 1 aromatic heterocycles. The highest BCUT2D eigenvalue weighted by Crippen LogP contribution is 2.38. The standard InChI is InChI=1S/C15H22N4O3S/c1-15(2)7-9-12(10(20)8-15)23-14(18-9)19-11(21)5-3-4-6-17-13(16)22/h3-8H2,1-2H3,(H3,16,17,22)(H,18,19,21). The molecule has 0 aromatic carbocycles. The van der Waals surface area contributed by atoms with Crippen LogP contribution in [0.15, 0.2) is 0 Å². The number of thiazole rings is 1. The number of hydrogen-bond donors (Lipinski definition) is 3. The molecule has 8 heteroatoms. The topological polar surface area (TPSA) is 114 Å². The number of nitrogens with one attached hydrogen (secondary N) is 2. The van der Waals surface area contributed by atoms with E-state index < -0.39 is 6.03 Å². The second-order valence-corrected chi connectivity index (χ2v) is 7.53. The number of carbonyl (C=O) groups excluding carboxylic acids is 3. The van der Waals surface area contributed by atoms with E-state index in [4.69, 9.17) is 5.73 Å². The SMILES string of the molecule is CC1(C)CC(=O)c2sc(NC(=O)CCCCNC(N)=O)nc2C1. The van der Waals surface area contributed by atoms with Crippen LogP contribution in [0.1, 0.15) is 54.9 Å². The van der Waals surface area contributed by atoms with E-state index in [9.17, 15) is 14.4 Å². The number of carbonyl (C=O) groups is 3. The van der Waals surface area contributed by atoms with E-state index in [1.807, 2.05) is 13.8 Å². The first kappa shape index (κ1) is 17.4. The van der Waals surface area contributed by atoms with Gasteiger partial charge in [-0.1, -0.05) is 25.2 Å². The van der Waals surface area contributed by atoms with Gasteiger partial charge in [0.15, 0.2) is 10.9 Å². The average molecular weight is 338 g/mol. The van der Waals surface area contributed by atoms with E-state index in [2.05, 4.69) is 15.6 Å². The van der Waals surface area contributed by atoms with Gasteiger partial charge < -0.3 is 16.4 Å². The molecule has 1 aliphatic carbocycles. The van der Waals surface area contributed by atoms with Gasteiger partial charge in [0.2, 0.25) is 5.91 Å². The zero-order valence-electron chi connectivity index (χ0n) is 13.4. The molecule has 1 aromatic rings. The summed E-state index contributed by atoms with van der Waals surface area (Å²) in [5, 5.41) is 5.71. The minimum atomic E-state index is -0.560. The van der Waals surface area contributed by atoms with Gasteiger partial charge in [-0.25, -0.2) is 9.78 Å². The molecule has 0 fully saturated rings. The maximum atomic E-state index is 12.1. The van der Waals surface area contributed by atoms with Gasteiger partial charge in [0, 0.05) is 19.4 Å². The Kier molecular flexibility index (Phi) is 5.35. The summed E-state index contributed by atoms with van der Waals surface area (Å²) < 4.78 is 0. The van der Waals surface area contributed by atoms with Gasteiger partial charge in [-0.15, -0.1) is 0 Å². The number of anilines is 1. The van der Waals surface area contributed by atoms with Crippen LogP contribution < -0.4 is 16.4 Å². The Morgan fingerprint density at radius 1 is 1.30 bits per heavy atom. The van der Waals surface area contributed by atoms with Crippen molar-refractivity contribution in [3.05, 3.63) is 10.6 Å². The van der Waals surface area contributed by atoms with Crippen molar-refractivity contribution in [3.63, 3.8) is 0 Å². The van der Waals surface area contributed by atoms with E-state index >= 15 is 0 Å². The van der Waals surface area contributed by atoms with E-state index in [0.717, 1.165) is 12.1 Å². The van der Waals surface area contributed by atoms with Gasteiger partial charge in [0.1, 0.15) is 0 Å². The van der Waals surface area contributed by atoms with Crippen LogP contribution in [0, 0.1) is 5.41 Å². The molecule has 0 saturated heterocycles. The van der Waals surface area contributed by atoms with E-state index in [-0.39, 0.29) is 17.1 Å². The summed E-state index contributed by atoms with van der Waals surface area (Å²) in [7, 11) is 0. The summed E-state index contributed by atoms with van der Waals surface area (Å²) in [6, 6.07) is -0.560. The molecular formula is C15H22N4O3S. The predicted octanol–water partition coefficient (Wildman–Crippen LogP) is 2.08. The number of unbranched alkanes of at least 4 members (excludes halogenated alkanes) is 1. The maximum Gasteiger partial charge on any atom is 0.312 e. The number of primary amides is 1. The lowest BCUT2D eigenvalue weighted by Crippen LogP contribution is -2.30. The van der Waals surface area contributed by atoms with Crippen LogP contribution in [0.3, 0.4) is 0 Å². The van der Waals surface area contributed by atoms with Crippen molar-refractivity contribution < 1.29 is 14.4 Å². The van der Waals surface area contributed by atoms with Crippen LogP contribution in [0.4, 0.5) is 9.93 Å². The van der Waals surface area contributed by atoms with Crippen LogP contribution in [-0.4, -0.2) is 29.3 Å². The van der Waals surface area contributed by atoms with Crippen molar-refractivity contribution >= 4 is 34.2 Å². The van der Waals surface area contributed by atoms with Crippen LogP contribution in [0.25, 0.3) is 0 Å². The summed E-state index contributed by atoms with van der Waals surface area (Å²) in [5.74, 6) is -0.0337. The van der Waals surface area contributed by atoms with Crippen molar-refractivity contribution in [1.29, 1.82) is 0 Å². The number of fused-ring (bicyclic) bond motifs is 1. The second-order valence-electron chi connectivity index (χ2n) is 6.53. The molecule has 3 amide bonds. The third-order valence-electron chi connectivity index (χ3n) is 3.61. The molecular weight excluding hydrogens is 316 g/mol. The van der Waals surface area contributed by atoms with Gasteiger partial charge >= 0.3 is 6.03 Å². The van der Waals surface area contributed by atoms with Gasteiger partial charge in [0.05, 0.1) is 10.6 Å². The van der Waals surface area contributed by atoms with Gasteiger partial charge in [0.25, 0.3) is 0 Å². The number of amides is 3. The highest BCUT2D eigenvalue weighted by atomic mass is 32.1. The largest absolute Gasteiger partial charge is 0.352 e. The molecule has 2 rings (SSSR count). The third-order valence-corrected chi connectivity index (χ3v) is 4.67. The Bertz CT molecular complexity index is 624. The van der Waals surface area contributed by atoms with E-state index in [1.165, 1.54) is 11.3 Å². The quantitative estimate of drug-likeness (QED) is 0.689. The fourth-order valence-corrected chi connectivity index (χ4v) is 3.51. The van der Waals surface area contributed by atoms with Crippen LogP contribution in [0.2, 0.25) is 0 Å². The minimum Gasteiger partial charge on any atom is -0.352 e. The Morgan fingerprint density at radius 2 is 2.04 bits per heavy atom. The summed E-state index contributed by atoms with van der Waals surface area (Å²) in [6.45, 7) is 4.55. The van der Waals surface area contributed by atoms with Crippen molar-refractivity contribution in [2.45, 2.75) is 46.0 Å². The molecule has 4 N–H and O–H groups in total. The van der Waals surface area contributed by atoms with E-state index in [0.29, 0.717) is 42.2 Å². The molecule has 0 atom stereocenters. The van der Waals surface area contributed by atoms with Gasteiger partial charge in [-0.3, -0.25) is 9.59 Å². The van der Waals surface area contributed by atoms with Crippen molar-refractivity contribution in [2.75, 3.05) is 11.9 Å². The molecule has 0 radical (unpaired) electrons. The van der Waals surface area contributed by atoms with Crippen LogP contribution >= 0.6 is 11.3 Å².